The highest BCUT2D eigenvalue weighted by Gasteiger charge is 2.43. The van der Waals surface area contributed by atoms with Crippen LogP contribution in [0.15, 0.2) is 84.9 Å². The number of carbonyl (C=O) groups is 1. The van der Waals surface area contributed by atoms with Crippen molar-refractivity contribution in [3.63, 3.8) is 0 Å². The van der Waals surface area contributed by atoms with Crippen LogP contribution in [-0.4, -0.2) is 11.1 Å². The van der Waals surface area contributed by atoms with Gasteiger partial charge in [0.1, 0.15) is 15.9 Å². The van der Waals surface area contributed by atoms with E-state index in [4.69, 9.17) is 0 Å². The lowest BCUT2D eigenvalue weighted by Crippen LogP contribution is -2.27. The molecule has 0 spiro atoms. The molecule has 0 aliphatic heterocycles. The average molecular weight is 442 g/mol. The maximum Gasteiger partial charge on any atom is 0.310 e. The molecule has 3 aromatic carbocycles. The van der Waals surface area contributed by atoms with Crippen LogP contribution in [0.3, 0.4) is 0 Å². The largest absolute Gasteiger partial charge is 0.481 e. The monoisotopic (exact) mass is 441 g/mol. The van der Waals surface area contributed by atoms with Gasteiger partial charge in [0, 0.05) is 0 Å². The minimum Gasteiger partial charge on any atom is -0.481 e. The highest BCUT2D eigenvalue weighted by molar-refractivity contribution is 9.44. The van der Waals surface area contributed by atoms with Crippen LogP contribution >= 0.6 is 21.5 Å². The summed E-state index contributed by atoms with van der Waals surface area (Å²) < 4.78 is 0. The van der Waals surface area contributed by atoms with Crippen molar-refractivity contribution in [2.75, 3.05) is 0 Å². The molecule has 0 amide bonds. The third-order valence-electron chi connectivity index (χ3n) is 4.75. The van der Waals surface area contributed by atoms with Gasteiger partial charge in [0.15, 0.2) is 21.5 Å². The van der Waals surface area contributed by atoms with E-state index in [-0.39, 0.29) is 0 Å². The highest BCUT2D eigenvalue weighted by atomic mass is 79.9. The quantitative estimate of drug-likeness (QED) is 0.507. The summed E-state index contributed by atoms with van der Waals surface area (Å²) in [5.74, 6) is -3.15. The number of carboxylic acids is 1. The predicted molar refractivity (Wildman–Crippen MR) is 119 cm³/mol. The van der Waals surface area contributed by atoms with Gasteiger partial charge in [-0.25, -0.2) is 0 Å². The van der Waals surface area contributed by atoms with Crippen LogP contribution in [0.2, 0.25) is 0 Å². The zero-order chi connectivity index (χ0) is 19.3. The zero-order valence-corrected chi connectivity index (χ0v) is 17.7. The van der Waals surface area contributed by atoms with Gasteiger partial charge in [-0.15, -0.1) is 0 Å². The van der Waals surface area contributed by atoms with Crippen LogP contribution in [-0.2, 0) is 4.79 Å². The van der Waals surface area contributed by atoms with Gasteiger partial charge < -0.3 is 5.11 Å². The molecule has 0 aliphatic carbocycles. The number of aliphatic carboxylic acids is 1. The van der Waals surface area contributed by atoms with Gasteiger partial charge in [-0.2, -0.15) is 0 Å². The number of hydrogen-bond donors (Lipinski definition) is 1. The molecule has 2 nitrogen and oxygen atoms in total. The molecule has 0 heterocycles. The number of rotatable bonds is 7. The number of carboxylic acid groups (broad SMARTS) is 1. The molecule has 1 atom stereocenters. The standard InChI is InChI=1S/C23H22BrO2P/c1-2-9-22(23(25)26)18-14-16-21(17-15-18)27(24,19-10-5-3-6-11-19)20-12-7-4-8-13-20/h3-8,10-17,22H,2,9H2,1H3/p+1. The molecular weight excluding hydrogens is 419 g/mol. The van der Waals surface area contributed by atoms with E-state index < -0.39 is 17.9 Å². The van der Waals surface area contributed by atoms with E-state index in [2.05, 4.69) is 76.2 Å². The molecule has 0 saturated heterocycles. The Morgan fingerprint density at radius 2 is 1.30 bits per heavy atom. The highest BCUT2D eigenvalue weighted by Crippen LogP contribution is 2.62. The van der Waals surface area contributed by atoms with Crippen molar-refractivity contribution in [3.05, 3.63) is 90.5 Å². The molecule has 0 fully saturated rings. The van der Waals surface area contributed by atoms with Crippen molar-refractivity contribution < 1.29 is 9.90 Å². The van der Waals surface area contributed by atoms with E-state index in [1.807, 2.05) is 31.2 Å². The van der Waals surface area contributed by atoms with Crippen molar-refractivity contribution >= 4 is 43.3 Å². The second-order valence-corrected chi connectivity index (χ2v) is 12.4. The third-order valence-corrected chi connectivity index (χ3v) is 11.5. The molecule has 0 bridgehead atoms. The molecule has 0 radical (unpaired) electrons. The second kappa shape index (κ2) is 8.82. The summed E-state index contributed by atoms with van der Waals surface area (Å²) in [7, 11) is 0. The molecular formula is C23H23BrO2P+. The van der Waals surface area contributed by atoms with Crippen molar-refractivity contribution in [2.24, 2.45) is 0 Å². The number of hydrogen-bond acceptors (Lipinski definition) is 1. The molecule has 0 saturated carbocycles. The van der Waals surface area contributed by atoms with Gasteiger partial charge in [0.05, 0.1) is 5.92 Å². The second-order valence-electron chi connectivity index (χ2n) is 6.53. The van der Waals surface area contributed by atoms with Gasteiger partial charge in [0.25, 0.3) is 0 Å². The van der Waals surface area contributed by atoms with Crippen molar-refractivity contribution in [2.45, 2.75) is 25.7 Å². The van der Waals surface area contributed by atoms with Crippen molar-refractivity contribution in [1.29, 1.82) is 0 Å². The molecule has 0 aliphatic rings. The van der Waals surface area contributed by atoms with Crippen LogP contribution in [0.4, 0.5) is 0 Å². The minimum atomic E-state index is -1.95. The summed E-state index contributed by atoms with van der Waals surface area (Å²) in [6, 6.07) is 29.0. The first kappa shape index (κ1) is 19.8. The van der Waals surface area contributed by atoms with E-state index in [0.717, 1.165) is 12.0 Å². The Labute approximate surface area is 169 Å². The SMILES string of the molecule is CCCC(C(=O)O)c1ccc([P+](Br)(c2ccccc2)c2ccccc2)cc1. The molecule has 1 N–H and O–H groups in total. The van der Waals surface area contributed by atoms with Gasteiger partial charge >= 0.3 is 5.97 Å². The summed E-state index contributed by atoms with van der Waals surface area (Å²) in [5, 5.41) is 13.2. The molecule has 1 unspecified atom stereocenters. The molecule has 3 rings (SSSR count). The number of halogens is 1. The topological polar surface area (TPSA) is 37.3 Å². The van der Waals surface area contributed by atoms with E-state index in [1.165, 1.54) is 15.9 Å². The predicted octanol–water partition coefficient (Wildman–Crippen LogP) is 5.26. The summed E-state index contributed by atoms with van der Waals surface area (Å²) in [4.78, 5) is 11.6. The fourth-order valence-electron chi connectivity index (χ4n) is 3.35. The Bertz CT molecular complexity index is 840. The lowest BCUT2D eigenvalue weighted by atomic mass is 9.95. The summed E-state index contributed by atoms with van der Waals surface area (Å²) in [5.41, 5.74) is 0.869. The van der Waals surface area contributed by atoms with E-state index in [9.17, 15) is 9.90 Å². The van der Waals surface area contributed by atoms with Crippen LogP contribution in [0.1, 0.15) is 31.2 Å². The normalized spacial score (nSPS) is 12.5. The number of benzene rings is 3. The first-order valence-corrected chi connectivity index (χ1v) is 12.9. The van der Waals surface area contributed by atoms with E-state index in [1.54, 1.807) is 0 Å². The first-order valence-electron chi connectivity index (χ1n) is 9.10. The molecule has 3 aromatic rings. The lowest BCUT2D eigenvalue weighted by molar-refractivity contribution is -0.139. The first-order chi connectivity index (χ1) is 13.1. The minimum absolute atomic E-state index is 0.444. The Morgan fingerprint density at radius 1 is 0.852 bits per heavy atom. The lowest BCUT2D eigenvalue weighted by Gasteiger charge is -2.20. The van der Waals surface area contributed by atoms with Gasteiger partial charge in [0.2, 0.25) is 0 Å². The van der Waals surface area contributed by atoms with Crippen LogP contribution in [0.5, 0.6) is 0 Å². The molecule has 27 heavy (non-hydrogen) atoms. The van der Waals surface area contributed by atoms with Crippen molar-refractivity contribution in [3.8, 4) is 0 Å². The van der Waals surface area contributed by atoms with Crippen molar-refractivity contribution in [1.82, 2.24) is 0 Å². The Kier molecular flexibility index (Phi) is 6.46. The fraction of sp³-hybridized carbons (Fsp3) is 0.174. The Morgan fingerprint density at radius 3 is 1.70 bits per heavy atom. The summed E-state index contributed by atoms with van der Waals surface area (Å²) in [6.07, 6.45) is 1.50. The van der Waals surface area contributed by atoms with Crippen LogP contribution in [0, 0.1) is 0 Å². The van der Waals surface area contributed by atoms with Gasteiger partial charge in [-0.1, -0.05) is 61.9 Å². The smallest absolute Gasteiger partial charge is 0.310 e. The van der Waals surface area contributed by atoms with Gasteiger partial charge in [-0.05, 0) is 48.4 Å². The third kappa shape index (κ3) is 4.15. The Hall–Kier alpha value is -1.96. The van der Waals surface area contributed by atoms with E-state index in [0.29, 0.717) is 6.42 Å². The van der Waals surface area contributed by atoms with Crippen LogP contribution in [0.25, 0.3) is 0 Å². The zero-order valence-electron chi connectivity index (χ0n) is 15.3. The molecule has 138 valence electrons. The maximum atomic E-state index is 11.6. The molecule has 0 aromatic heterocycles. The maximum absolute atomic E-state index is 11.6. The van der Waals surface area contributed by atoms with E-state index >= 15 is 0 Å². The fourth-order valence-corrected chi connectivity index (χ4v) is 8.10. The molecule has 4 heteroatoms. The average Bonchev–Trinajstić information content (AvgIpc) is 2.72. The summed E-state index contributed by atoms with van der Waals surface area (Å²) in [6.45, 7) is 2.02. The Balaban J connectivity index is 2.08. The summed E-state index contributed by atoms with van der Waals surface area (Å²) >= 11 is 4.13. The van der Waals surface area contributed by atoms with Gasteiger partial charge in [-0.3, -0.25) is 4.79 Å². The van der Waals surface area contributed by atoms with Crippen LogP contribution < -0.4 is 15.9 Å².